The van der Waals surface area contributed by atoms with Gasteiger partial charge in [-0.1, -0.05) is 0 Å². The molecule has 0 saturated heterocycles. The van der Waals surface area contributed by atoms with Crippen LogP contribution in [0.25, 0.3) is 0 Å². The third-order valence-corrected chi connectivity index (χ3v) is 3.94. The maximum absolute atomic E-state index is 14.1. The number of fused-ring (bicyclic) bond motifs is 1. The minimum Gasteiger partial charge on any atom is -0.290 e. The predicted molar refractivity (Wildman–Crippen MR) is 66.9 cm³/mol. The molecule has 2 aromatic rings. The number of ketones is 1. The van der Waals surface area contributed by atoms with Crippen molar-refractivity contribution in [1.29, 1.82) is 0 Å². The third-order valence-electron chi connectivity index (χ3n) is 3.94. The first-order valence-electron chi connectivity index (χ1n) is 6.76. The average molecular weight is 275 g/mol. The first-order valence-corrected chi connectivity index (χ1v) is 6.76. The molecule has 104 valence electrons. The SMILES string of the molecule is Cn1cc(C2CC(F)c3nc(C(=O)C4CC4)nn32)cn1. The Kier molecular flexibility index (Phi) is 2.33. The van der Waals surface area contributed by atoms with E-state index in [1.54, 1.807) is 15.6 Å². The number of Topliss-reactive ketones (excluding diaryl/α,β-unsaturated/α-hetero) is 1. The van der Waals surface area contributed by atoms with Gasteiger partial charge in [0.15, 0.2) is 12.0 Å². The number of hydrogen-bond donors (Lipinski definition) is 0. The molecule has 1 aliphatic heterocycles. The number of rotatable bonds is 3. The fraction of sp³-hybridized carbons (Fsp3) is 0.538. The van der Waals surface area contributed by atoms with Gasteiger partial charge in [-0.2, -0.15) is 5.10 Å². The minimum absolute atomic E-state index is 0.0491. The molecule has 2 aliphatic rings. The fourth-order valence-electron chi connectivity index (χ4n) is 2.70. The standard InChI is InChI=1S/C13H14FN5O/c1-18-6-8(5-15-18)10-4-9(14)13-16-12(17-19(10)13)11(20)7-2-3-7/h5-7,9-10H,2-4H2,1H3. The zero-order valence-electron chi connectivity index (χ0n) is 11.0. The lowest BCUT2D eigenvalue weighted by Crippen LogP contribution is -2.10. The third kappa shape index (κ3) is 1.69. The van der Waals surface area contributed by atoms with Crippen molar-refractivity contribution in [2.75, 3.05) is 0 Å². The Hall–Kier alpha value is -2.05. The molecule has 3 heterocycles. The lowest BCUT2D eigenvalue weighted by molar-refractivity contribution is 0.0956. The zero-order valence-corrected chi connectivity index (χ0v) is 11.0. The molecule has 0 spiro atoms. The van der Waals surface area contributed by atoms with E-state index in [1.807, 2.05) is 13.2 Å². The van der Waals surface area contributed by atoms with Crippen LogP contribution in [0.4, 0.5) is 4.39 Å². The van der Waals surface area contributed by atoms with Gasteiger partial charge in [0.1, 0.15) is 0 Å². The van der Waals surface area contributed by atoms with Gasteiger partial charge in [0, 0.05) is 31.1 Å². The van der Waals surface area contributed by atoms with Crippen molar-refractivity contribution in [3.05, 3.63) is 29.6 Å². The molecule has 0 aromatic carbocycles. The smallest absolute Gasteiger partial charge is 0.217 e. The molecule has 20 heavy (non-hydrogen) atoms. The van der Waals surface area contributed by atoms with Crippen LogP contribution in [-0.2, 0) is 7.05 Å². The molecule has 0 amide bonds. The summed E-state index contributed by atoms with van der Waals surface area (Å²) >= 11 is 0. The van der Waals surface area contributed by atoms with Crippen LogP contribution in [-0.4, -0.2) is 30.3 Å². The number of aromatic nitrogens is 5. The minimum atomic E-state index is -1.17. The Labute approximate surface area is 114 Å². The quantitative estimate of drug-likeness (QED) is 0.798. The summed E-state index contributed by atoms with van der Waals surface area (Å²) in [5.41, 5.74) is 0.893. The van der Waals surface area contributed by atoms with Crippen LogP contribution in [0.2, 0.25) is 0 Å². The summed E-state index contributed by atoms with van der Waals surface area (Å²) in [6.07, 6.45) is 4.47. The zero-order chi connectivity index (χ0) is 13.9. The van der Waals surface area contributed by atoms with E-state index in [4.69, 9.17) is 0 Å². The molecule has 6 nitrogen and oxygen atoms in total. The monoisotopic (exact) mass is 275 g/mol. The normalized spacial score (nSPS) is 24.9. The van der Waals surface area contributed by atoms with E-state index in [9.17, 15) is 9.18 Å². The van der Waals surface area contributed by atoms with Crippen molar-refractivity contribution in [3.63, 3.8) is 0 Å². The molecular weight excluding hydrogens is 261 g/mol. The van der Waals surface area contributed by atoms with Gasteiger partial charge >= 0.3 is 0 Å². The molecule has 4 rings (SSSR count). The number of alkyl halides is 1. The number of carbonyl (C=O) groups excluding carboxylic acids is 1. The second kappa shape index (κ2) is 3.97. The van der Waals surface area contributed by atoms with Gasteiger partial charge in [0.25, 0.3) is 0 Å². The van der Waals surface area contributed by atoms with Crippen LogP contribution in [0.15, 0.2) is 12.4 Å². The molecule has 0 N–H and O–H groups in total. The Morgan fingerprint density at radius 3 is 2.90 bits per heavy atom. The van der Waals surface area contributed by atoms with Crippen molar-refractivity contribution < 1.29 is 9.18 Å². The second-order valence-corrected chi connectivity index (χ2v) is 5.54. The van der Waals surface area contributed by atoms with Crippen LogP contribution in [0.5, 0.6) is 0 Å². The van der Waals surface area contributed by atoms with Gasteiger partial charge in [-0.15, -0.1) is 5.10 Å². The summed E-state index contributed by atoms with van der Waals surface area (Å²) in [5, 5.41) is 8.35. The Bertz CT molecular complexity index is 687. The van der Waals surface area contributed by atoms with Gasteiger partial charge in [-0.25, -0.2) is 14.1 Å². The maximum atomic E-state index is 14.1. The van der Waals surface area contributed by atoms with Gasteiger partial charge in [-0.3, -0.25) is 9.48 Å². The van der Waals surface area contributed by atoms with Crippen LogP contribution >= 0.6 is 0 Å². The molecule has 7 heteroatoms. The number of carbonyl (C=O) groups is 1. The molecule has 2 aromatic heterocycles. The topological polar surface area (TPSA) is 65.6 Å². The van der Waals surface area contributed by atoms with Crippen molar-refractivity contribution in [2.24, 2.45) is 13.0 Å². The predicted octanol–water partition coefficient (Wildman–Crippen LogP) is 1.61. The van der Waals surface area contributed by atoms with E-state index in [1.165, 1.54) is 0 Å². The molecule has 1 saturated carbocycles. The fourth-order valence-corrected chi connectivity index (χ4v) is 2.70. The Balaban J connectivity index is 1.72. The van der Waals surface area contributed by atoms with E-state index < -0.39 is 6.17 Å². The lowest BCUT2D eigenvalue weighted by Gasteiger charge is -2.08. The summed E-state index contributed by atoms with van der Waals surface area (Å²) < 4.78 is 17.3. The van der Waals surface area contributed by atoms with Crippen molar-refractivity contribution in [1.82, 2.24) is 24.5 Å². The van der Waals surface area contributed by atoms with E-state index >= 15 is 0 Å². The van der Waals surface area contributed by atoms with Crippen LogP contribution in [0, 0.1) is 5.92 Å². The van der Waals surface area contributed by atoms with Crippen molar-refractivity contribution in [3.8, 4) is 0 Å². The second-order valence-electron chi connectivity index (χ2n) is 5.54. The highest BCUT2D eigenvalue weighted by molar-refractivity contribution is 5.95. The van der Waals surface area contributed by atoms with Gasteiger partial charge in [0.05, 0.1) is 12.2 Å². The van der Waals surface area contributed by atoms with Crippen molar-refractivity contribution >= 4 is 5.78 Å². The van der Waals surface area contributed by atoms with Crippen LogP contribution in [0.3, 0.4) is 0 Å². The molecule has 2 unspecified atom stereocenters. The summed E-state index contributed by atoms with van der Waals surface area (Å²) in [6, 6.07) is -0.220. The maximum Gasteiger partial charge on any atom is 0.217 e. The van der Waals surface area contributed by atoms with Crippen LogP contribution in [0.1, 0.15) is 53.5 Å². The van der Waals surface area contributed by atoms with E-state index in [0.29, 0.717) is 6.42 Å². The van der Waals surface area contributed by atoms with Gasteiger partial charge < -0.3 is 0 Å². The first-order chi connectivity index (χ1) is 9.63. The summed E-state index contributed by atoms with van der Waals surface area (Å²) in [6.45, 7) is 0. The Morgan fingerprint density at radius 2 is 2.25 bits per heavy atom. The number of halogens is 1. The molecule has 1 aliphatic carbocycles. The van der Waals surface area contributed by atoms with E-state index in [0.717, 1.165) is 18.4 Å². The van der Waals surface area contributed by atoms with Crippen LogP contribution < -0.4 is 0 Å². The molecule has 2 atom stereocenters. The first kappa shape index (κ1) is 11.7. The summed E-state index contributed by atoms with van der Waals surface area (Å²) in [7, 11) is 1.82. The molecule has 0 radical (unpaired) electrons. The number of hydrogen-bond acceptors (Lipinski definition) is 4. The average Bonchev–Trinajstić information content (AvgIpc) is 2.91. The van der Waals surface area contributed by atoms with E-state index in [2.05, 4.69) is 15.2 Å². The van der Waals surface area contributed by atoms with Gasteiger partial charge in [0.2, 0.25) is 11.6 Å². The summed E-state index contributed by atoms with van der Waals surface area (Å²) in [4.78, 5) is 16.1. The highest BCUT2D eigenvalue weighted by Gasteiger charge is 2.39. The van der Waals surface area contributed by atoms with E-state index in [-0.39, 0.29) is 29.4 Å². The number of aryl methyl sites for hydroxylation is 1. The summed E-state index contributed by atoms with van der Waals surface area (Å²) in [5.74, 6) is 0.429. The number of nitrogens with zero attached hydrogens (tertiary/aromatic N) is 5. The highest BCUT2D eigenvalue weighted by atomic mass is 19.1. The van der Waals surface area contributed by atoms with Crippen molar-refractivity contribution in [2.45, 2.75) is 31.5 Å². The Morgan fingerprint density at radius 1 is 1.45 bits per heavy atom. The van der Waals surface area contributed by atoms with Gasteiger partial charge in [-0.05, 0) is 12.8 Å². The molecule has 0 bridgehead atoms. The lowest BCUT2D eigenvalue weighted by atomic mass is 10.1. The highest BCUT2D eigenvalue weighted by Crippen LogP contribution is 2.40. The largest absolute Gasteiger partial charge is 0.290 e. The molecule has 1 fully saturated rings. The molecular formula is C13H14FN5O.